The third kappa shape index (κ3) is 2.74. The molecule has 0 bridgehead atoms. The average Bonchev–Trinajstić information content (AvgIpc) is 3.09. The van der Waals surface area contributed by atoms with Crippen molar-refractivity contribution in [1.29, 1.82) is 0 Å². The van der Waals surface area contributed by atoms with Crippen molar-refractivity contribution < 1.29 is 13.6 Å². The Hall–Kier alpha value is -1.86. The lowest BCUT2D eigenvalue weighted by atomic mass is 10.2. The standard InChI is InChI=1S/C15H15F2N3OS/c1-19(7-10-8-22-9-18-10)13-5-6-20(15(13)21)14-11(16)3-2-4-12(14)17/h2-4,8-9,13H,5-7H2,1H3/t13-/m0/s1. The van der Waals surface area contributed by atoms with E-state index in [1.807, 2.05) is 17.3 Å². The topological polar surface area (TPSA) is 36.4 Å². The highest BCUT2D eigenvalue weighted by Crippen LogP contribution is 2.29. The van der Waals surface area contributed by atoms with Crippen molar-refractivity contribution in [1.82, 2.24) is 9.88 Å². The predicted octanol–water partition coefficient (Wildman–Crippen LogP) is 2.66. The van der Waals surface area contributed by atoms with Gasteiger partial charge in [-0.25, -0.2) is 13.8 Å². The van der Waals surface area contributed by atoms with E-state index in [1.165, 1.54) is 22.3 Å². The molecule has 116 valence electrons. The van der Waals surface area contributed by atoms with Crippen molar-refractivity contribution >= 4 is 22.9 Å². The Morgan fingerprint density at radius 1 is 1.41 bits per heavy atom. The molecule has 1 saturated heterocycles. The molecule has 0 spiro atoms. The van der Waals surface area contributed by atoms with E-state index in [1.54, 1.807) is 5.51 Å². The van der Waals surface area contributed by atoms with Crippen LogP contribution in [-0.4, -0.2) is 35.4 Å². The van der Waals surface area contributed by atoms with Gasteiger partial charge in [-0.3, -0.25) is 9.69 Å². The molecular weight excluding hydrogens is 308 g/mol. The molecule has 0 saturated carbocycles. The molecule has 0 radical (unpaired) electrons. The molecule has 1 fully saturated rings. The third-order valence-electron chi connectivity index (χ3n) is 3.81. The number of anilines is 1. The van der Waals surface area contributed by atoms with Gasteiger partial charge in [0.2, 0.25) is 5.91 Å². The predicted molar refractivity (Wildman–Crippen MR) is 80.7 cm³/mol. The zero-order valence-electron chi connectivity index (χ0n) is 12.0. The molecule has 7 heteroatoms. The minimum atomic E-state index is -0.712. The van der Waals surface area contributed by atoms with Crippen LogP contribution in [0.15, 0.2) is 29.1 Å². The van der Waals surface area contributed by atoms with E-state index >= 15 is 0 Å². The van der Waals surface area contributed by atoms with Crippen LogP contribution in [-0.2, 0) is 11.3 Å². The molecule has 4 nitrogen and oxygen atoms in total. The second-order valence-electron chi connectivity index (χ2n) is 5.26. The molecular formula is C15H15F2N3OS. The van der Waals surface area contributed by atoms with Crippen molar-refractivity contribution in [3.05, 3.63) is 46.4 Å². The quantitative estimate of drug-likeness (QED) is 0.868. The maximum Gasteiger partial charge on any atom is 0.244 e. The molecule has 0 unspecified atom stereocenters. The number of benzene rings is 1. The summed E-state index contributed by atoms with van der Waals surface area (Å²) in [4.78, 5) is 19.8. The number of thiazole rings is 1. The van der Waals surface area contributed by atoms with E-state index in [2.05, 4.69) is 4.98 Å². The minimum absolute atomic E-state index is 0.253. The number of aromatic nitrogens is 1. The van der Waals surface area contributed by atoms with Crippen molar-refractivity contribution in [2.45, 2.75) is 19.0 Å². The number of hydrogen-bond acceptors (Lipinski definition) is 4. The van der Waals surface area contributed by atoms with Gasteiger partial charge in [-0.05, 0) is 25.6 Å². The number of likely N-dealkylation sites (N-methyl/N-ethyl adjacent to an activating group) is 1. The van der Waals surface area contributed by atoms with Crippen LogP contribution in [0.2, 0.25) is 0 Å². The van der Waals surface area contributed by atoms with E-state index in [9.17, 15) is 13.6 Å². The van der Waals surface area contributed by atoms with Crippen LogP contribution < -0.4 is 4.90 Å². The Morgan fingerprint density at radius 2 is 2.14 bits per heavy atom. The molecule has 1 aliphatic heterocycles. The molecule has 2 aromatic rings. The second-order valence-corrected chi connectivity index (χ2v) is 5.98. The fraction of sp³-hybridized carbons (Fsp3) is 0.333. The second kappa shape index (κ2) is 6.10. The number of hydrogen-bond donors (Lipinski definition) is 0. The molecule has 1 aromatic heterocycles. The van der Waals surface area contributed by atoms with Gasteiger partial charge in [0.25, 0.3) is 0 Å². The maximum atomic E-state index is 13.9. The fourth-order valence-electron chi connectivity index (χ4n) is 2.72. The van der Waals surface area contributed by atoms with Gasteiger partial charge in [0.1, 0.15) is 17.3 Å². The van der Waals surface area contributed by atoms with Crippen LogP contribution in [0.4, 0.5) is 14.5 Å². The monoisotopic (exact) mass is 323 g/mol. The molecule has 0 N–H and O–H groups in total. The Bertz CT molecular complexity index is 657. The Balaban J connectivity index is 1.77. The van der Waals surface area contributed by atoms with Gasteiger partial charge in [0.15, 0.2) is 0 Å². The van der Waals surface area contributed by atoms with Crippen LogP contribution in [0.3, 0.4) is 0 Å². The van der Waals surface area contributed by atoms with E-state index in [4.69, 9.17) is 0 Å². The fourth-order valence-corrected chi connectivity index (χ4v) is 3.27. The number of para-hydroxylation sites is 1. The summed E-state index contributed by atoms with van der Waals surface area (Å²) in [6, 6.07) is 3.23. The Labute approximate surface area is 131 Å². The van der Waals surface area contributed by atoms with E-state index in [0.717, 1.165) is 17.8 Å². The lowest BCUT2D eigenvalue weighted by Gasteiger charge is -2.23. The lowest BCUT2D eigenvalue weighted by molar-refractivity contribution is -0.121. The van der Waals surface area contributed by atoms with Gasteiger partial charge < -0.3 is 4.90 Å². The van der Waals surface area contributed by atoms with Gasteiger partial charge in [-0.15, -0.1) is 11.3 Å². The van der Waals surface area contributed by atoms with E-state index < -0.39 is 11.6 Å². The number of nitrogens with zero attached hydrogens (tertiary/aromatic N) is 3. The maximum absolute atomic E-state index is 13.9. The highest BCUT2D eigenvalue weighted by molar-refractivity contribution is 7.07. The smallest absolute Gasteiger partial charge is 0.244 e. The van der Waals surface area contributed by atoms with Crippen LogP contribution in [0.25, 0.3) is 0 Å². The summed E-state index contributed by atoms with van der Waals surface area (Å²) in [6.45, 7) is 0.844. The molecule has 22 heavy (non-hydrogen) atoms. The van der Waals surface area contributed by atoms with Crippen molar-refractivity contribution in [2.75, 3.05) is 18.5 Å². The summed E-state index contributed by atoms with van der Waals surface area (Å²) >= 11 is 1.49. The third-order valence-corrected chi connectivity index (χ3v) is 4.45. The van der Waals surface area contributed by atoms with Gasteiger partial charge in [0.05, 0.1) is 17.2 Å². The summed E-state index contributed by atoms with van der Waals surface area (Å²) in [5.41, 5.74) is 2.37. The van der Waals surface area contributed by atoms with Gasteiger partial charge in [-0.1, -0.05) is 6.07 Å². The normalized spacial score (nSPS) is 18.5. The minimum Gasteiger partial charge on any atom is -0.306 e. The number of rotatable bonds is 4. The first-order valence-electron chi connectivity index (χ1n) is 6.90. The van der Waals surface area contributed by atoms with Crippen molar-refractivity contribution in [3.8, 4) is 0 Å². The molecule has 0 aliphatic carbocycles. The molecule has 2 heterocycles. The summed E-state index contributed by atoms with van der Waals surface area (Å²) in [5, 5.41) is 1.92. The number of carbonyl (C=O) groups excluding carboxylic acids is 1. The lowest BCUT2D eigenvalue weighted by Crippen LogP contribution is -2.39. The van der Waals surface area contributed by atoms with Crippen LogP contribution in [0.1, 0.15) is 12.1 Å². The molecule has 1 amide bonds. The first-order valence-corrected chi connectivity index (χ1v) is 7.85. The van der Waals surface area contributed by atoms with Crippen LogP contribution in [0, 0.1) is 11.6 Å². The molecule has 1 aliphatic rings. The summed E-state index contributed by atoms with van der Waals surface area (Å²) in [7, 11) is 1.82. The highest BCUT2D eigenvalue weighted by atomic mass is 32.1. The molecule has 1 atom stereocenters. The molecule has 1 aromatic carbocycles. The summed E-state index contributed by atoms with van der Waals surface area (Å²) in [6.07, 6.45) is 0.535. The van der Waals surface area contributed by atoms with Crippen LogP contribution >= 0.6 is 11.3 Å². The number of amides is 1. The zero-order chi connectivity index (χ0) is 15.7. The van der Waals surface area contributed by atoms with Gasteiger partial charge >= 0.3 is 0 Å². The summed E-state index contributed by atoms with van der Waals surface area (Å²) < 4.78 is 27.7. The largest absolute Gasteiger partial charge is 0.306 e. The Morgan fingerprint density at radius 3 is 2.77 bits per heavy atom. The summed E-state index contributed by atoms with van der Waals surface area (Å²) in [5.74, 6) is -1.70. The SMILES string of the molecule is CN(Cc1cscn1)[C@H]1CCN(c2c(F)cccc2F)C1=O. The molecule has 3 rings (SSSR count). The first-order chi connectivity index (χ1) is 10.6. The van der Waals surface area contributed by atoms with E-state index in [-0.39, 0.29) is 17.6 Å². The average molecular weight is 323 g/mol. The zero-order valence-corrected chi connectivity index (χ0v) is 12.8. The highest BCUT2D eigenvalue weighted by Gasteiger charge is 2.37. The number of carbonyl (C=O) groups is 1. The van der Waals surface area contributed by atoms with Gasteiger partial charge in [0, 0.05) is 18.5 Å². The van der Waals surface area contributed by atoms with Crippen molar-refractivity contribution in [2.24, 2.45) is 0 Å². The van der Waals surface area contributed by atoms with Crippen LogP contribution in [0.5, 0.6) is 0 Å². The Kier molecular flexibility index (Phi) is 4.17. The van der Waals surface area contributed by atoms with Crippen molar-refractivity contribution in [3.63, 3.8) is 0 Å². The first kappa shape index (κ1) is 15.1. The van der Waals surface area contributed by atoms with E-state index in [0.29, 0.717) is 19.5 Å². The number of halogens is 2. The van der Waals surface area contributed by atoms with Gasteiger partial charge in [-0.2, -0.15) is 0 Å².